The van der Waals surface area contributed by atoms with Crippen molar-refractivity contribution in [3.63, 3.8) is 0 Å². The lowest BCUT2D eigenvalue weighted by Crippen LogP contribution is -2.43. The highest BCUT2D eigenvalue weighted by Crippen LogP contribution is 2.27. The third-order valence-electron chi connectivity index (χ3n) is 3.75. The van der Waals surface area contributed by atoms with Crippen LogP contribution in [0.4, 0.5) is 0 Å². The molecule has 1 aliphatic carbocycles. The van der Waals surface area contributed by atoms with E-state index in [1.807, 2.05) is 42.1 Å². The fourth-order valence-corrected chi connectivity index (χ4v) is 3.42. The van der Waals surface area contributed by atoms with E-state index >= 15 is 0 Å². The van der Waals surface area contributed by atoms with E-state index in [2.05, 4.69) is 11.6 Å². The van der Waals surface area contributed by atoms with E-state index in [4.69, 9.17) is 5.73 Å². The third-order valence-corrected chi connectivity index (χ3v) is 4.84. The van der Waals surface area contributed by atoms with E-state index in [-0.39, 0.29) is 11.9 Å². The minimum Gasteiger partial charge on any atom is -0.352 e. The van der Waals surface area contributed by atoms with Crippen LogP contribution in [0.2, 0.25) is 0 Å². The van der Waals surface area contributed by atoms with Gasteiger partial charge >= 0.3 is 0 Å². The number of benzene rings is 1. The molecule has 0 radical (unpaired) electrons. The number of carbonyl (C=O) groups excluding carboxylic acids is 1. The van der Waals surface area contributed by atoms with Crippen LogP contribution < -0.4 is 11.1 Å². The topological polar surface area (TPSA) is 55.1 Å². The van der Waals surface area contributed by atoms with Crippen molar-refractivity contribution in [1.82, 2.24) is 5.32 Å². The summed E-state index contributed by atoms with van der Waals surface area (Å²) in [6.07, 6.45) is 6.73. The Balaban J connectivity index is 1.90. The molecule has 4 heteroatoms. The van der Waals surface area contributed by atoms with Crippen molar-refractivity contribution in [1.29, 1.82) is 0 Å². The van der Waals surface area contributed by atoms with Crippen LogP contribution in [-0.4, -0.2) is 23.5 Å². The summed E-state index contributed by atoms with van der Waals surface area (Å²) in [5.41, 5.74) is 6.88. The molecule has 0 aromatic heterocycles. The van der Waals surface area contributed by atoms with Gasteiger partial charge < -0.3 is 11.1 Å². The van der Waals surface area contributed by atoms with Crippen LogP contribution in [0.15, 0.2) is 30.3 Å². The van der Waals surface area contributed by atoms with E-state index < -0.39 is 6.04 Å². The number of carbonyl (C=O) groups is 1. The number of hydrogen-bond donors (Lipinski definition) is 2. The van der Waals surface area contributed by atoms with Crippen molar-refractivity contribution < 1.29 is 4.79 Å². The van der Waals surface area contributed by atoms with Gasteiger partial charge in [-0.1, -0.05) is 36.8 Å². The molecule has 2 unspecified atom stereocenters. The summed E-state index contributed by atoms with van der Waals surface area (Å²) < 4.78 is 0. The van der Waals surface area contributed by atoms with Crippen LogP contribution in [0.25, 0.3) is 0 Å². The smallest absolute Gasteiger partial charge is 0.241 e. The lowest BCUT2D eigenvalue weighted by Gasteiger charge is -2.29. The third kappa shape index (κ3) is 3.98. The first-order valence-electron chi connectivity index (χ1n) is 6.84. The van der Waals surface area contributed by atoms with Crippen LogP contribution >= 0.6 is 11.8 Å². The average Bonchev–Trinajstić information content (AvgIpc) is 2.47. The Hall–Kier alpha value is -1.00. The molecule has 1 saturated carbocycles. The Morgan fingerprint density at radius 1 is 1.37 bits per heavy atom. The van der Waals surface area contributed by atoms with Gasteiger partial charge in [0.1, 0.15) is 6.04 Å². The molecule has 104 valence electrons. The molecule has 1 aromatic carbocycles. The van der Waals surface area contributed by atoms with Gasteiger partial charge in [-0.15, -0.1) is 0 Å². The minimum atomic E-state index is -0.559. The standard InChI is InChI=1S/C15H22N2OS/c1-19-13-9-5-8-12(10-13)17-15(18)14(16)11-6-3-2-4-7-11/h2-4,6-7,12-14H,5,8-10,16H2,1H3,(H,17,18)/t12?,13?,14-/m1/s1. The van der Waals surface area contributed by atoms with Gasteiger partial charge in [0.2, 0.25) is 5.91 Å². The number of hydrogen-bond acceptors (Lipinski definition) is 3. The molecule has 1 aromatic rings. The van der Waals surface area contributed by atoms with Crippen LogP contribution in [0.3, 0.4) is 0 Å². The molecule has 2 rings (SSSR count). The predicted octanol–water partition coefficient (Wildman–Crippen LogP) is 2.48. The van der Waals surface area contributed by atoms with Crippen molar-refractivity contribution in [2.45, 2.75) is 43.0 Å². The number of nitrogens with one attached hydrogen (secondary N) is 1. The van der Waals surface area contributed by atoms with Crippen molar-refractivity contribution >= 4 is 17.7 Å². The molecule has 0 bridgehead atoms. The monoisotopic (exact) mass is 278 g/mol. The Labute approximate surface area is 119 Å². The summed E-state index contributed by atoms with van der Waals surface area (Å²) in [6, 6.07) is 9.27. The lowest BCUT2D eigenvalue weighted by atomic mass is 9.94. The van der Waals surface area contributed by atoms with Crippen LogP contribution in [0.5, 0.6) is 0 Å². The van der Waals surface area contributed by atoms with Gasteiger partial charge in [-0.05, 0) is 31.1 Å². The van der Waals surface area contributed by atoms with E-state index in [9.17, 15) is 4.79 Å². The van der Waals surface area contributed by atoms with E-state index in [0.717, 1.165) is 18.4 Å². The predicted molar refractivity (Wildman–Crippen MR) is 81.1 cm³/mol. The van der Waals surface area contributed by atoms with Crippen molar-refractivity contribution in [3.05, 3.63) is 35.9 Å². The molecule has 0 saturated heterocycles. The second-order valence-corrected chi connectivity index (χ2v) is 6.26. The summed E-state index contributed by atoms with van der Waals surface area (Å²) in [6.45, 7) is 0. The second kappa shape index (κ2) is 6.96. The van der Waals surface area contributed by atoms with Gasteiger partial charge in [-0.25, -0.2) is 0 Å². The van der Waals surface area contributed by atoms with Crippen molar-refractivity contribution in [3.8, 4) is 0 Å². The van der Waals surface area contributed by atoms with Crippen LogP contribution in [-0.2, 0) is 4.79 Å². The maximum atomic E-state index is 12.2. The average molecular weight is 278 g/mol. The first-order chi connectivity index (χ1) is 9.20. The highest BCUT2D eigenvalue weighted by molar-refractivity contribution is 7.99. The molecular formula is C15H22N2OS. The molecule has 3 N–H and O–H groups in total. The Bertz CT molecular complexity index is 410. The number of rotatable bonds is 4. The maximum absolute atomic E-state index is 12.2. The summed E-state index contributed by atoms with van der Waals surface area (Å²) in [7, 11) is 0. The summed E-state index contributed by atoms with van der Waals surface area (Å²) >= 11 is 1.90. The number of thioether (sulfide) groups is 1. The zero-order chi connectivity index (χ0) is 13.7. The Morgan fingerprint density at radius 2 is 2.11 bits per heavy atom. The first kappa shape index (κ1) is 14.4. The minimum absolute atomic E-state index is 0.0575. The van der Waals surface area contributed by atoms with Gasteiger partial charge in [0.05, 0.1) is 0 Å². The lowest BCUT2D eigenvalue weighted by molar-refractivity contribution is -0.123. The molecule has 0 heterocycles. The van der Waals surface area contributed by atoms with Gasteiger partial charge in [0, 0.05) is 11.3 Å². The van der Waals surface area contributed by atoms with Crippen LogP contribution in [0, 0.1) is 0 Å². The van der Waals surface area contributed by atoms with Crippen molar-refractivity contribution in [2.75, 3.05) is 6.26 Å². The van der Waals surface area contributed by atoms with Gasteiger partial charge in [0.15, 0.2) is 0 Å². The molecule has 3 atom stereocenters. The molecule has 1 fully saturated rings. The highest BCUT2D eigenvalue weighted by Gasteiger charge is 2.24. The van der Waals surface area contributed by atoms with E-state index in [1.54, 1.807) is 0 Å². The fraction of sp³-hybridized carbons (Fsp3) is 0.533. The SMILES string of the molecule is CSC1CCCC(NC(=O)[C@H](N)c2ccccc2)C1. The quantitative estimate of drug-likeness (QED) is 0.889. The normalized spacial score (nSPS) is 24.7. The second-order valence-electron chi connectivity index (χ2n) is 5.12. The molecule has 0 aliphatic heterocycles. The summed E-state index contributed by atoms with van der Waals surface area (Å²) in [4.78, 5) is 12.2. The molecule has 3 nitrogen and oxygen atoms in total. The van der Waals surface area contributed by atoms with Gasteiger partial charge in [0.25, 0.3) is 0 Å². The molecule has 1 amide bonds. The highest BCUT2D eigenvalue weighted by atomic mass is 32.2. The Morgan fingerprint density at radius 3 is 2.79 bits per heavy atom. The number of amides is 1. The zero-order valence-corrected chi connectivity index (χ0v) is 12.2. The van der Waals surface area contributed by atoms with Gasteiger partial charge in [-0.3, -0.25) is 4.79 Å². The van der Waals surface area contributed by atoms with Gasteiger partial charge in [-0.2, -0.15) is 11.8 Å². The summed E-state index contributed by atoms with van der Waals surface area (Å²) in [5.74, 6) is -0.0575. The molecule has 0 spiro atoms. The van der Waals surface area contributed by atoms with Crippen LogP contribution in [0.1, 0.15) is 37.3 Å². The summed E-state index contributed by atoms with van der Waals surface area (Å²) in [5, 5.41) is 3.78. The molecule has 1 aliphatic rings. The largest absolute Gasteiger partial charge is 0.352 e. The maximum Gasteiger partial charge on any atom is 0.241 e. The fourth-order valence-electron chi connectivity index (χ4n) is 2.59. The Kier molecular flexibility index (Phi) is 5.28. The zero-order valence-electron chi connectivity index (χ0n) is 11.3. The number of nitrogens with two attached hydrogens (primary N) is 1. The van der Waals surface area contributed by atoms with E-state index in [1.165, 1.54) is 12.8 Å². The molecule has 19 heavy (non-hydrogen) atoms. The van der Waals surface area contributed by atoms with E-state index in [0.29, 0.717) is 5.25 Å². The first-order valence-corrected chi connectivity index (χ1v) is 8.13. The molecular weight excluding hydrogens is 256 g/mol. The van der Waals surface area contributed by atoms with Crippen molar-refractivity contribution in [2.24, 2.45) is 5.73 Å².